The van der Waals surface area contributed by atoms with Gasteiger partial charge in [-0.2, -0.15) is 0 Å². The number of hydrogen-bond donors (Lipinski definition) is 0. The fourth-order valence-corrected chi connectivity index (χ4v) is 4.45. The van der Waals surface area contributed by atoms with E-state index in [2.05, 4.69) is 79.5 Å². The predicted octanol–water partition coefficient (Wildman–Crippen LogP) is 7.03. The summed E-state index contributed by atoms with van der Waals surface area (Å²) in [7, 11) is -1.70. The average Bonchev–Trinajstić information content (AvgIpc) is 3.07. The smallest absolute Gasteiger partial charge is 0.220 e. The highest BCUT2D eigenvalue weighted by Gasteiger charge is 2.28. The predicted molar refractivity (Wildman–Crippen MR) is 109 cm³/mol. The van der Waals surface area contributed by atoms with E-state index in [1.165, 1.54) is 30.6 Å². The van der Waals surface area contributed by atoms with Crippen LogP contribution in [0.2, 0.25) is 19.6 Å². The second kappa shape index (κ2) is 9.40. The molecule has 2 aromatic rings. The maximum atomic E-state index is 6.55. The number of thiophene rings is 1. The molecule has 1 atom stereocenters. The Bertz CT molecular complexity index is 565. The van der Waals surface area contributed by atoms with E-state index in [1.807, 2.05) is 11.3 Å². The van der Waals surface area contributed by atoms with Gasteiger partial charge in [0.2, 0.25) is 8.32 Å². The van der Waals surface area contributed by atoms with E-state index >= 15 is 0 Å². The van der Waals surface area contributed by atoms with E-state index in [1.54, 1.807) is 0 Å². The Balaban J connectivity index is 2.25. The summed E-state index contributed by atoms with van der Waals surface area (Å²) in [5, 5.41) is 4.37. The van der Waals surface area contributed by atoms with Crippen molar-refractivity contribution in [3.05, 3.63) is 52.7 Å². The number of benzene rings is 1. The van der Waals surface area contributed by atoms with E-state index in [4.69, 9.17) is 4.53 Å². The van der Waals surface area contributed by atoms with Crippen LogP contribution in [0.4, 0.5) is 5.69 Å². The Morgan fingerprint density at radius 1 is 1.00 bits per heavy atom. The Labute approximate surface area is 152 Å². The van der Waals surface area contributed by atoms with Gasteiger partial charge in [0, 0.05) is 4.88 Å². The lowest BCUT2D eigenvalue weighted by atomic mass is 10.1. The lowest BCUT2D eigenvalue weighted by molar-refractivity contribution is 0.227. The average molecular weight is 362 g/mol. The Morgan fingerprint density at radius 2 is 1.75 bits per heavy atom. The molecule has 132 valence electrons. The van der Waals surface area contributed by atoms with Crippen LogP contribution in [0.15, 0.2) is 47.8 Å². The fraction of sp³-hybridized carbons (Fsp3) is 0.500. The number of hydroxylamine groups is 1. The quantitative estimate of drug-likeness (QED) is 0.256. The summed E-state index contributed by atoms with van der Waals surface area (Å²) in [4.78, 5) is 1.40. The Morgan fingerprint density at radius 3 is 2.33 bits per heavy atom. The van der Waals surface area contributed by atoms with Crippen LogP contribution >= 0.6 is 11.3 Å². The zero-order valence-corrected chi connectivity index (χ0v) is 17.3. The first-order valence-electron chi connectivity index (χ1n) is 9.08. The highest BCUT2D eigenvalue weighted by Crippen LogP contribution is 2.35. The second-order valence-corrected chi connectivity index (χ2v) is 12.6. The number of para-hydroxylation sites is 1. The van der Waals surface area contributed by atoms with Crippen LogP contribution in [0.5, 0.6) is 0 Å². The number of nitrogens with zero attached hydrogens (tertiary/aromatic N) is 1. The highest BCUT2D eigenvalue weighted by molar-refractivity contribution is 7.10. The molecule has 1 aromatic carbocycles. The minimum absolute atomic E-state index is 0.302. The van der Waals surface area contributed by atoms with E-state index < -0.39 is 8.32 Å². The number of hydrogen-bond acceptors (Lipinski definition) is 3. The van der Waals surface area contributed by atoms with Crippen LogP contribution in [0.3, 0.4) is 0 Å². The standard InChI is InChI=1S/C20H31NOSSi/c1-5-6-7-11-15-19(20-16-12-17-23-20)21(22-24(2,3)4)18-13-9-8-10-14-18/h8-10,12-14,16-17,19H,5-7,11,15H2,1-4H3. The van der Waals surface area contributed by atoms with E-state index in [-0.39, 0.29) is 0 Å². The third-order valence-corrected chi connectivity index (χ3v) is 5.59. The molecule has 24 heavy (non-hydrogen) atoms. The molecule has 0 aliphatic rings. The molecule has 1 heterocycles. The third kappa shape index (κ3) is 6.08. The van der Waals surface area contributed by atoms with Gasteiger partial charge in [-0.1, -0.05) is 56.9 Å². The van der Waals surface area contributed by atoms with Crippen molar-refractivity contribution in [1.82, 2.24) is 0 Å². The van der Waals surface area contributed by atoms with Crippen molar-refractivity contribution in [3.8, 4) is 0 Å². The summed E-state index contributed by atoms with van der Waals surface area (Å²) in [5.74, 6) is 0. The third-order valence-electron chi connectivity index (χ3n) is 3.87. The monoisotopic (exact) mass is 361 g/mol. The molecule has 2 rings (SSSR count). The van der Waals surface area contributed by atoms with Gasteiger partial charge >= 0.3 is 0 Å². The molecule has 0 aliphatic carbocycles. The van der Waals surface area contributed by atoms with Crippen molar-refractivity contribution in [2.24, 2.45) is 0 Å². The first-order chi connectivity index (χ1) is 11.5. The van der Waals surface area contributed by atoms with Crippen LogP contribution in [0.1, 0.15) is 49.9 Å². The van der Waals surface area contributed by atoms with Crippen LogP contribution in [0, 0.1) is 0 Å². The Hall–Kier alpha value is -1.10. The number of anilines is 1. The van der Waals surface area contributed by atoms with Crippen molar-refractivity contribution in [2.45, 2.75) is 64.7 Å². The molecule has 0 radical (unpaired) electrons. The number of rotatable bonds is 10. The molecule has 1 aromatic heterocycles. The lowest BCUT2D eigenvalue weighted by Gasteiger charge is -2.37. The summed E-state index contributed by atoms with van der Waals surface area (Å²) in [6.07, 6.45) is 6.28. The maximum Gasteiger partial charge on any atom is 0.220 e. The normalized spacial score (nSPS) is 13.0. The molecule has 0 amide bonds. The van der Waals surface area contributed by atoms with Gasteiger partial charge in [-0.3, -0.25) is 5.06 Å². The lowest BCUT2D eigenvalue weighted by Crippen LogP contribution is -2.39. The summed E-state index contributed by atoms with van der Waals surface area (Å²) in [6.45, 7) is 9.03. The van der Waals surface area contributed by atoms with Crippen LogP contribution in [0.25, 0.3) is 0 Å². The van der Waals surface area contributed by atoms with Crippen molar-refractivity contribution < 1.29 is 4.53 Å². The van der Waals surface area contributed by atoms with Gasteiger partial charge < -0.3 is 4.53 Å². The van der Waals surface area contributed by atoms with Gasteiger partial charge in [-0.15, -0.1) is 11.3 Å². The summed E-state index contributed by atoms with van der Waals surface area (Å²) >= 11 is 1.84. The zero-order valence-electron chi connectivity index (χ0n) is 15.5. The van der Waals surface area contributed by atoms with Crippen molar-refractivity contribution in [2.75, 3.05) is 5.06 Å². The molecule has 4 heteroatoms. The zero-order chi connectivity index (χ0) is 17.4. The minimum Gasteiger partial charge on any atom is -0.320 e. The van der Waals surface area contributed by atoms with E-state index in [0.717, 1.165) is 12.1 Å². The maximum absolute atomic E-state index is 6.55. The summed E-state index contributed by atoms with van der Waals surface area (Å²) in [5.41, 5.74) is 1.16. The SMILES string of the molecule is CCCCCCC(c1cccs1)N(O[Si](C)(C)C)c1ccccc1. The first kappa shape index (κ1) is 19.2. The van der Waals surface area contributed by atoms with Gasteiger partial charge in [0.05, 0.1) is 11.7 Å². The van der Waals surface area contributed by atoms with Crippen molar-refractivity contribution in [3.63, 3.8) is 0 Å². The van der Waals surface area contributed by atoms with Crippen LogP contribution < -0.4 is 5.06 Å². The van der Waals surface area contributed by atoms with Crippen LogP contribution in [-0.4, -0.2) is 8.32 Å². The molecule has 0 spiro atoms. The molecular formula is C20H31NOSSi. The van der Waals surface area contributed by atoms with E-state index in [0.29, 0.717) is 6.04 Å². The van der Waals surface area contributed by atoms with E-state index in [9.17, 15) is 0 Å². The van der Waals surface area contributed by atoms with Gasteiger partial charge in [-0.05, 0) is 49.6 Å². The van der Waals surface area contributed by atoms with Crippen molar-refractivity contribution >= 4 is 25.3 Å². The molecule has 0 N–H and O–H groups in total. The van der Waals surface area contributed by atoms with Gasteiger partial charge in [0.15, 0.2) is 0 Å². The fourth-order valence-electron chi connectivity index (χ4n) is 2.79. The molecule has 0 aliphatic heterocycles. The van der Waals surface area contributed by atoms with Crippen LogP contribution in [-0.2, 0) is 4.53 Å². The largest absolute Gasteiger partial charge is 0.320 e. The summed E-state index contributed by atoms with van der Waals surface area (Å²) in [6, 6.07) is 15.3. The van der Waals surface area contributed by atoms with Gasteiger partial charge in [0.1, 0.15) is 0 Å². The van der Waals surface area contributed by atoms with Crippen molar-refractivity contribution in [1.29, 1.82) is 0 Å². The molecular weight excluding hydrogens is 330 g/mol. The second-order valence-electron chi connectivity index (χ2n) is 7.25. The Kier molecular flexibility index (Phi) is 7.53. The molecule has 2 nitrogen and oxygen atoms in total. The van der Waals surface area contributed by atoms with Gasteiger partial charge in [0.25, 0.3) is 0 Å². The number of unbranched alkanes of at least 4 members (excludes halogenated alkanes) is 3. The first-order valence-corrected chi connectivity index (χ1v) is 13.4. The molecule has 0 bridgehead atoms. The molecule has 0 saturated carbocycles. The minimum atomic E-state index is -1.70. The molecule has 0 saturated heterocycles. The molecule has 0 fully saturated rings. The molecule has 1 unspecified atom stereocenters. The summed E-state index contributed by atoms with van der Waals surface area (Å²) < 4.78 is 6.55. The highest BCUT2D eigenvalue weighted by atomic mass is 32.1. The topological polar surface area (TPSA) is 12.5 Å². The van der Waals surface area contributed by atoms with Gasteiger partial charge in [-0.25, -0.2) is 0 Å².